The van der Waals surface area contributed by atoms with Gasteiger partial charge in [0.15, 0.2) is 5.65 Å². The van der Waals surface area contributed by atoms with Crippen LogP contribution in [0.15, 0.2) is 42.9 Å². The number of rotatable bonds is 7. The molecule has 2 aromatic heterocycles. The Hall–Kier alpha value is -3.34. The summed E-state index contributed by atoms with van der Waals surface area (Å²) in [5.74, 6) is 0.363. The Kier molecular flexibility index (Phi) is 6.64. The highest BCUT2D eigenvalue weighted by atomic mass is 19.4. The predicted molar refractivity (Wildman–Crippen MR) is 108 cm³/mol. The quantitative estimate of drug-likeness (QED) is 0.594. The fourth-order valence-electron chi connectivity index (χ4n) is 3.07. The summed E-state index contributed by atoms with van der Waals surface area (Å²) in [4.78, 5) is 22.3. The van der Waals surface area contributed by atoms with Crippen molar-refractivity contribution in [2.75, 3.05) is 20.2 Å². The molecule has 1 unspecified atom stereocenters. The Bertz CT molecular complexity index is 1050. The van der Waals surface area contributed by atoms with Crippen LogP contribution in [0.2, 0.25) is 0 Å². The van der Waals surface area contributed by atoms with E-state index >= 15 is 0 Å². The molecular formula is C20H23F3N6O2. The summed E-state index contributed by atoms with van der Waals surface area (Å²) in [6, 6.07) is 4.32. The van der Waals surface area contributed by atoms with Crippen molar-refractivity contribution in [3.8, 4) is 17.1 Å². The number of urea groups is 1. The Morgan fingerprint density at radius 3 is 2.81 bits per heavy atom. The number of ether oxygens (including phenoxy) is 1. The second-order valence-electron chi connectivity index (χ2n) is 6.79. The molecule has 3 N–H and O–H groups in total. The number of alkyl halides is 3. The smallest absolute Gasteiger partial charge is 0.409 e. The van der Waals surface area contributed by atoms with Crippen LogP contribution >= 0.6 is 0 Å². The lowest BCUT2D eigenvalue weighted by atomic mass is 10.1. The van der Waals surface area contributed by atoms with Gasteiger partial charge in [0, 0.05) is 43.8 Å². The van der Waals surface area contributed by atoms with E-state index in [0.717, 1.165) is 11.1 Å². The van der Waals surface area contributed by atoms with E-state index in [0.29, 0.717) is 17.2 Å². The number of nitrogens with one attached hydrogen (secondary N) is 1. The van der Waals surface area contributed by atoms with Gasteiger partial charge in [-0.1, -0.05) is 18.2 Å². The zero-order chi connectivity index (χ0) is 22.6. The SMILES string of the molecule is CCN(Cc1cccc(-c2cn3ccnc3c(OC)n2)c1)C(=O)NC(CN)C(F)(F)F. The minimum absolute atomic E-state index is 0.121. The lowest BCUT2D eigenvalue weighted by Crippen LogP contribution is -2.53. The molecule has 3 aromatic rings. The predicted octanol–water partition coefficient (Wildman–Crippen LogP) is 2.83. The van der Waals surface area contributed by atoms with Crippen LogP contribution in [0, 0.1) is 0 Å². The molecule has 0 spiro atoms. The molecule has 1 aromatic carbocycles. The van der Waals surface area contributed by atoms with Gasteiger partial charge in [0.2, 0.25) is 0 Å². The van der Waals surface area contributed by atoms with Gasteiger partial charge in [0.25, 0.3) is 5.88 Å². The molecule has 11 heteroatoms. The maximum atomic E-state index is 12.9. The molecule has 2 amide bonds. The average molecular weight is 436 g/mol. The molecular weight excluding hydrogens is 413 g/mol. The van der Waals surface area contributed by atoms with E-state index in [1.54, 1.807) is 42.0 Å². The van der Waals surface area contributed by atoms with Crippen molar-refractivity contribution in [3.63, 3.8) is 0 Å². The van der Waals surface area contributed by atoms with E-state index in [1.807, 2.05) is 17.4 Å². The summed E-state index contributed by atoms with van der Waals surface area (Å²) in [5.41, 5.74) is 7.86. The highest BCUT2D eigenvalue weighted by molar-refractivity contribution is 5.74. The number of methoxy groups -OCH3 is 1. The molecule has 166 valence electrons. The number of aromatic nitrogens is 3. The van der Waals surface area contributed by atoms with Crippen LogP contribution in [0.3, 0.4) is 0 Å². The molecule has 0 saturated carbocycles. The number of hydrogen-bond donors (Lipinski definition) is 2. The minimum atomic E-state index is -4.61. The number of carbonyl (C=O) groups is 1. The summed E-state index contributed by atoms with van der Waals surface area (Å²) in [6.07, 6.45) is 0.585. The van der Waals surface area contributed by atoms with Crippen LogP contribution < -0.4 is 15.8 Å². The number of nitrogens with zero attached hydrogens (tertiary/aromatic N) is 4. The van der Waals surface area contributed by atoms with E-state index < -0.39 is 24.8 Å². The van der Waals surface area contributed by atoms with Crippen molar-refractivity contribution in [2.24, 2.45) is 5.73 Å². The maximum Gasteiger partial charge on any atom is 0.409 e. The Morgan fingerprint density at radius 1 is 1.39 bits per heavy atom. The topological polar surface area (TPSA) is 97.8 Å². The van der Waals surface area contributed by atoms with Gasteiger partial charge in [-0.05, 0) is 18.6 Å². The summed E-state index contributed by atoms with van der Waals surface area (Å²) < 4.78 is 45.9. The Labute approximate surface area is 176 Å². The van der Waals surface area contributed by atoms with Gasteiger partial charge >= 0.3 is 12.2 Å². The molecule has 0 saturated heterocycles. The lowest BCUT2D eigenvalue weighted by molar-refractivity contribution is -0.151. The first kappa shape index (κ1) is 22.3. The second-order valence-corrected chi connectivity index (χ2v) is 6.79. The zero-order valence-corrected chi connectivity index (χ0v) is 17.1. The van der Waals surface area contributed by atoms with Gasteiger partial charge in [-0.2, -0.15) is 13.2 Å². The number of amides is 2. The summed E-state index contributed by atoms with van der Waals surface area (Å²) in [7, 11) is 1.50. The van der Waals surface area contributed by atoms with Crippen LogP contribution in [0.1, 0.15) is 12.5 Å². The summed E-state index contributed by atoms with van der Waals surface area (Å²) in [5, 5.41) is 1.95. The summed E-state index contributed by atoms with van der Waals surface area (Å²) >= 11 is 0. The van der Waals surface area contributed by atoms with Gasteiger partial charge in [-0.3, -0.25) is 0 Å². The zero-order valence-electron chi connectivity index (χ0n) is 17.1. The first-order chi connectivity index (χ1) is 14.8. The van der Waals surface area contributed by atoms with Crippen molar-refractivity contribution in [2.45, 2.75) is 25.7 Å². The molecule has 3 rings (SSSR count). The van der Waals surface area contributed by atoms with Gasteiger partial charge in [-0.25, -0.2) is 14.8 Å². The Morgan fingerprint density at radius 2 is 2.16 bits per heavy atom. The highest BCUT2D eigenvalue weighted by Gasteiger charge is 2.40. The van der Waals surface area contributed by atoms with Gasteiger partial charge in [0.1, 0.15) is 6.04 Å². The monoisotopic (exact) mass is 436 g/mol. The van der Waals surface area contributed by atoms with Crippen LogP contribution in [-0.2, 0) is 6.54 Å². The molecule has 0 fully saturated rings. The highest BCUT2D eigenvalue weighted by Crippen LogP contribution is 2.24. The number of fused-ring (bicyclic) bond motifs is 1. The minimum Gasteiger partial charge on any atom is -0.478 e. The standard InChI is InChI=1S/C20H23F3N6O2/c1-3-28(19(30)27-16(10-24)20(21,22)23)11-13-5-4-6-14(9-13)15-12-29-8-7-25-17(29)18(26-15)31-2/h4-9,12,16H,3,10-11,24H2,1-2H3,(H,27,30). The molecule has 2 heterocycles. The lowest BCUT2D eigenvalue weighted by Gasteiger charge is -2.26. The fraction of sp³-hybridized carbons (Fsp3) is 0.350. The van der Waals surface area contributed by atoms with Gasteiger partial charge < -0.3 is 25.1 Å². The molecule has 0 radical (unpaired) electrons. The second kappa shape index (κ2) is 9.21. The molecule has 0 aliphatic carbocycles. The average Bonchev–Trinajstić information content (AvgIpc) is 3.23. The van der Waals surface area contributed by atoms with Crippen molar-refractivity contribution < 1.29 is 22.7 Å². The first-order valence-electron chi connectivity index (χ1n) is 9.56. The van der Waals surface area contributed by atoms with Crippen LogP contribution in [0.25, 0.3) is 16.9 Å². The number of nitrogens with two attached hydrogens (primary N) is 1. The number of imidazole rings is 1. The third kappa shape index (κ3) is 5.05. The van der Waals surface area contributed by atoms with E-state index in [4.69, 9.17) is 10.5 Å². The third-order valence-corrected chi connectivity index (χ3v) is 4.73. The van der Waals surface area contributed by atoms with Gasteiger partial charge in [0.05, 0.1) is 12.8 Å². The normalized spacial score (nSPS) is 12.6. The van der Waals surface area contributed by atoms with E-state index in [1.165, 1.54) is 12.0 Å². The number of hydrogen-bond acceptors (Lipinski definition) is 5. The van der Waals surface area contributed by atoms with Crippen molar-refractivity contribution in [3.05, 3.63) is 48.4 Å². The van der Waals surface area contributed by atoms with Gasteiger partial charge in [-0.15, -0.1) is 0 Å². The molecule has 0 aliphatic heterocycles. The van der Waals surface area contributed by atoms with Crippen LogP contribution in [0.5, 0.6) is 5.88 Å². The maximum absolute atomic E-state index is 12.9. The number of halogens is 3. The summed E-state index contributed by atoms with van der Waals surface area (Å²) in [6.45, 7) is 1.30. The largest absolute Gasteiger partial charge is 0.478 e. The van der Waals surface area contributed by atoms with E-state index in [9.17, 15) is 18.0 Å². The molecule has 31 heavy (non-hydrogen) atoms. The van der Waals surface area contributed by atoms with Crippen molar-refractivity contribution in [1.29, 1.82) is 0 Å². The van der Waals surface area contributed by atoms with Crippen LogP contribution in [-0.4, -0.2) is 57.7 Å². The first-order valence-corrected chi connectivity index (χ1v) is 9.56. The van der Waals surface area contributed by atoms with E-state index in [2.05, 4.69) is 9.97 Å². The molecule has 1 atom stereocenters. The Balaban J connectivity index is 1.82. The number of carbonyl (C=O) groups excluding carboxylic acids is 1. The molecule has 8 nitrogen and oxygen atoms in total. The van der Waals surface area contributed by atoms with E-state index in [-0.39, 0.29) is 13.1 Å². The molecule has 0 bridgehead atoms. The van der Waals surface area contributed by atoms with Crippen LogP contribution in [0.4, 0.5) is 18.0 Å². The van der Waals surface area contributed by atoms with Crippen molar-refractivity contribution in [1.82, 2.24) is 24.6 Å². The molecule has 0 aliphatic rings. The third-order valence-electron chi connectivity index (χ3n) is 4.73. The number of benzene rings is 1. The fourth-order valence-corrected chi connectivity index (χ4v) is 3.07. The van der Waals surface area contributed by atoms with Crippen molar-refractivity contribution >= 4 is 11.7 Å².